The van der Waals surface area contributed by atoms with Crippen molar-refractivity contribution in [3.05, 3.63) is 52.7 Å². The van der Waals surface area contributed by atoms with Gasteiger partial charge in [-0.3, -0.25) is 4.79 Å². The third kappa shape index (κ3) is 3.71. The molecule has 0 spiro atoms. The molecule has 0 bridgehead atoms. The first kappa shape index (κ1) is 19.8. The van der Waals surface area contributed by atoms with Gasteiger partial charge in [-0.1, -0.05) is 12.1 Å². The highest BCUT2D eigenvalue weighted by Gasteiger charge is 2.40. The molecule has 3 rings (SSSR count). The summed E-state index contributed by atoms with van der Waals surface area (Å²) < 4.78 is 0. The molecule has 1 aromatic carbocycles. The van der Waals surface area contributed by atoms with E-state index in [1.165, 1.54) is 0 Å². The van der Waals surface area contributed by atoms with E-state index in [0.717, 1.165) is 22.5 Å². The fourth-order valence-corrected chi connectivity index (χ4v) is 3.89. The number of pyridine rings is 1. The molecule has 1 amide bonds. The van der Waals surface area contributed by atoms with Crippen molar-refractivity contribution in [2.24, 2.45) is 0 Å². The molecule has 2 heterocycles. The number of β-amino-alcohol motifs (C(OH)–C–C–N with tert-alkyl or cyclic N) is 1. The molecule has 0 saturated carbocycles. The highest BCUT2D eigenvalue weighted by Crippen LogP contribution is 2.31. The van der Waals surface area contributed by atoms with Crippen molar-refractivity contribution in [2.75, 3.05) is 22.9 Å². The molecule has 28 heavy (non-hydrogen) atoms. The van der Waals surface area contributed by atoms with Crippen LogP contribution in [0.25, 0.3) is 0 Å². The number of rotatable bonds is 4. The van der Waals surface area contributed by atoms with Gasteiger partial charge in [0.05, 0.1) is 11.7 Å². The molecule has 1 saturated heterocycles. The molecule has 0 unspecified atom stereocenters. The lowest BCUT2D eigenvalue weighted by molar-refractivity contribution is -0.119. The van der Waals surface area contributed by atoms with Crippen molar-refractivity contribution in [3.8, 4) is 6.07 Å². The first-order valence-electron chi connectivity index (χ1n) is 9.56. The van der Waals surface area contributed by atoms with E-state index in [0.29, 0.717) is 24.3 Å². The second-order valence-electron chi connectivity index (χ2n) is 7.37. The van der Waals surface area contributed by atoms with Gasteiger partial charge in [0.25, 0.3) is 0 Å². The molecular formula is C22H26N4O2. The molecule has 1 aliphatic heterocycles. The number of benzene rings is 1. The molecule has 1 fully saturated rings. The van der Waals surface area contributed by atoms with Crippen LogP contribution in [0.1, 0.15) is 35.7 Å². The Balaban J connectivity index is 2.01. The van der Waals surface area contributed by atoms with E-state index in [4.69, 9.17) is 0 Å². The van der Waals surface area contributed by atoms with Gasteiger partial charge >= 0.3 is 0 Å². The first-order valence-corrected chi connectivity index (χ1v) is 9.56. The summed E-state index contributed by atoms with van der Waals surface area (Å²) in [5, 5.41) is 20.0. The smallest absolute Gasteiger partial charge is 0.249 e. The Kier molecular flexibility index (Phi) is 5.66. The Hall–Kier alpha value is -2.91. The van der Waals surface area contributed by atoms with Crippen LogP contribution < -0.4 is 9.80 Å². The number of likely N-dealkylation sites (N-methyl/N-ethyl adjacent to an activating group) is 1. The Bertz CT molecular complexity index is 935. The van der Waals surface area contributed by atoms with Crippen LogP contribution in [0.15, 0.2) is 30.3 Å². The fourth-order valence-electron chi connectivity index (χ4n) is 3.89. The molecular weight excluding hydrogens is 352 g/mol. The Morgan fingerprint density at radius 3 is 2.75 bits per heavy atom. The number of carbonyl (C=O) groups excluding carboxylic acids is 1. The van der Waals surface area contributed by atoms with Gasteiger partial charge in [-0.25, -0.2) is 4.98 Å². The summed E-state index contributed by atoms with van der Waals surface area (Å²) in [4.78, 5) is 21.5. The van der Waals surface area contributed by atoms with E-state index < -0.39 is 12.1 Å². The highest BCUT2D eigenvalue weighted by atomic mass is 16.3. The monoisotopic (exact) mass is 378 g/mol. The Morgan fingerprint density at radius 1 is 1.36 bits per heavy atom. The molecule has 0 radical (unpaired) electrons. The average molecular weight is 378 g/mol. The van der Waals surface area contributed by atoms with Crippen molar-refractivity contribution in [2.45, 2.75) is 46.3 Å². The van der Waals surface area contributed by atoms with Gasteiger partial charge in [0.1, 0.15) is 17.9 Å². The minimum absolute atomic E-state index is 0.0884. The molecule has 2 aromatic rings. The maximum absolute atomic E-state index is 13.4. The molecule has 2 atom stereocenters. The summed E-state index contributed by atoms with van der Waals surface area (Å²) in [6, 6.07) is 11.3. The molecule has 146 valence electrons. The number of aryl methyl sites for hydroxylation is 3. The van der Waals surface area contributed by atoms with E-state index in [-0.39, 0.29) is 12.5 Å². The number of anilines is 2. The van der Waals surface area contributed by atoms with Crippen molar-refractivity contribution < 1.29 is 9.90 Å². The van der Waals surface area contributed by atoms with Gasteiger partial charge < -0.3 is 14.9 Å². The average Bonchev–Trinajstić information content (AvgIpc) is 3.03. The molecule has 1 N–H and O–H groups in total. The van der Waals surface area contributed by atoms with E-state index >= 15 is 0 Å². The maximum Gasteiger partial charge on any atom is 0.249 e. The minimum atomic E-state index is -0.640. The Morgan fingerprint density at radius 2 is 2.11 bits per heavy atom. The van der Waals surface area contributed by atoms with Gasteiger partial charge in [0, 0.05) is 30.9 Å². The zero-order valence-electron chi connectivity index (χ0n) is 16.8. The van der Waals surface area contributed by atoms with Gasteiger partial charge in [0.15, 0.2) is 0 Å². The number of aliphatic hydroxyl groups is 1. The zero-order valence-corrected chi connectivity index (χ0v) is 16.8. The Labute approximate surface area is 166 Å². The standard InChI is InChI=1S/C22H26N4O2/c1-5-25(17-8-6-7-14(2)9-17)22(28)20-11-18(27)13-26(20)21-19(12-23)15(3)10-16(4)24-21/h6-10,18,20,27H,5,11,13H2,1-4H3/t18-,20-/m0/s1. The molecule has 6 heteroatoms. The largest absolute Gasteiger partial charge is 0.391 e. The predicted octanol–water partition coefficient (Wildman–Crippen LogP) is 2.87. The lowest BCUT2D eigenvalue weighted by Crippen LogP contribution is -2.46. The van der Waals surface area contributed by atoms with Crippen molar-refractivity contribution >= 4 is 17.4 Å². The van der Waals surface area contributed by atoms with Crippen LogP contribution in [-0.4, -0.2) is 41.2 Å². The normalized spacial score (nSPS) is 18.8. The second kappa shape index (κ2) is 7.99. The predicted molar refractivity (Wildman–Crippen MR) is 109 cm³/mol. The second-order valence-corrected chi connectivity index (χ2v) is 7.37. The number of amides is 1. The third-order valence-electron chi connectivity index (χ3n) is 5.17. The van der Waals surface area contributed by atoms with Crippen LogP contribution in [0.2, 0.25) is 0 Å². The summed E-state index contributed by atoms with van der Waals surface area (Å²) in [5.74, 6) is 0.393. The number of nitrogens with zero attached hydrogens (tertiary/aromatic N) is 4. The lowest BCUT2D eigenvalue weighted by Gasteiger charge is -2.31. The number of nitriles is 1. The summed E-state index contributed by atoms with van der Waals surface area (Å²) >= 11 is 0. The van der Waals surface area contributed by atoms with Crippen LogP contribution in [0.4, 0.5) is 11.5 Å². The number of hydrogen-bond acceptors (Lipinski definition) is 5. The third-order valence-corrected chi connectivity index (χ3v) is 5.17. The van der Waals surface area contributed by atoms with Crippen molar-refractivity contribution in [3.63, 3.8) is 0 Å². The van der Waals surface area contributed by atoms with Gasteiger partial charge in [-0.2, -0.15) is 5.26 Å². The number of aromatic nitrogens is 1. The number of carbonyl (C=O) groups is 1. The van der Waals surface area contributed by atoms with E-state index in [9.17, 15) is 15.2 Å². The minimum Gasteiger partial charge on any atom is -0.391 e. The number of hydrogen-bond donors (Lipinski definition) is 1. The molecule has 6 nitrogen and oxygen atoms in total. The fraction of sp³-hybridized carbons (Fsp3) is 0.409. The van der Waals surface area contributed by atoms with Crippen LogP contribution >= 0.6 is 0 Å². The SMILES string of the molecule is CCN(C(=O)[C@@H]1C[C@H](O)CN1c1nc(C)cc(C)c1C#N)c1cccc(C)c1. The number of aliphatic hydroxyl groups excluding tert-OH is 1. The van der Waals surface area contributed by atoms with E-state index in [1.54, 1.807) is 9.80 Å². The van der Waals surface area contributed by atoms with E-state index in [1.807, 2.05) is 58.0 Å². The molecule has 1 aliphatic rings. The van der Waals surface area contributed by atoms with Crippen LogP contribution in [0.5, 0.6) is 0 Å². The topological polar surface area (TPSA) is 80.5 Å². The summed E-state index contributed by atoms with van der Waals surface area (Å²) in [5.41, 5.74) is 3.97. The molecule has 1 aromatic heterocycles. The summed E-state index contributed by atoms with van der Waals surface area (Å²) in [6.07, 6.45) is -0.319. The van der Waals surface area contributed by atoms with Crippen molar-refractivity contribution in [1.82, 2.24) is 4.98 Å². The summed E-state index contributed by atoms with van der Waals surface area (Å²) in [7, 11) is 0. The van der Waals surface area contributed by atoms with Crippen LogP contribution in [0.3, 0.4) is 0 Å². The highest BCUT2D eigenvalue weighted by molar-refractivity contribution is 5.99. The van der Waals surface area contributed by atoms with Gasteiger partial charge in [-0.15, -0.1) is 0 Å². The van der Waals surface area contributed by atoms with E-state index in [2.05, 4.69) is 11.1 Å². The maximum atomic E-state index is 13.4. The van der Waals surface area contributed by atoms with Crippen LogP contribution in [0, 0.1) is 32.1 Å². The lowest BCUT2D eigenvalue weighted by atomic mass is 10.1. The molecule has 0 aliphatic carbocycles. The van der Waals surface area contributed by atoms with Crippen molar-refractivity contribution in [1.29, 1.82) is 5.26 Å². The zero-order chi connectivity index (χ0) is 20.4. The summed E-state index contributed by atoms with van der Waals surface area (Å²) in [6.45, 7) is 8.47. The van der Waals surface area contributed by atoms with Gasteiger partial charge in [0.2, 0.25) is 5.91 Å². The quantitative estimate of drug-likeness (QED) is 0.885. The van der Waals surface area contributed by atoms with Crippen LogP contribution in [-0.2, 0) is 4.79 Å². The first-order chi connectivity index (χ1) is 13.3. The van der Waals surface area contributed by atoms with Gasteiger partial charge in [-0.05, 0) is 57.0 Å².